The number of rotatable bonds is 5. The molecule has 0 spiro atoms. The van der Waals surface area contributed by atoms with Crippen LogP contribution in [-0.2, 0) is 0 Å². The SMILES string of the molecule is CCC(C)c1ccc(C(c2cc(C)ns2)N2CCN(C)CC2)cc1. The lowest BCUT2D eigenvalue weighted by atomic mass is 9.95. The van der Waals surface area contributed by atoms with Crippen molar-refractivity contribution in [1.29, 1.82) is 0 Å². The van der Waals surface area contributed by atoms with Gasteiger partial charge in [0.1, 0.15) is 0 Å². The molecule has 24 heavy (non-hydrogen) atoms. The summed E-state index contributed by atoms with van der Waals surface area (Å²) in [6.07, 6.45) is 1.19. The third-order valence-electron chi connectivity index (χ3n) is 5.25. The van der Waals surface area contributed by atoms with Crippen molar-refractivity contribution in [3.8, 4) is 0 Å². The van der Waals surface area contributed by atoms with E-state index in [4.69, 9.17) is 0 Å². The predicted octanol–water partition coefficient (Wildman–Crippen LogP) is 4.30. The van der Waals surface area contributed by atoms with Crippen LogP contribution in [0.25, 0.3) is 0 Å². The molecule has 1 aromatic heterocycles. The first-order chi connectivity index (χ1) is 11.6. The van der Waals surface area contributed by atoms with E-state index in [1.807, 2.05) is 0 Å². The van der Waals surface area contributed by atoms with Gasteiger partial charge in [-0.1, -0.05) is 38.1 Å². The maximum Gasteiger partial charge on any atom is 0.0713 e. The van der Waals surface area contributed by atoms with Gasteiger partial charge in [0.15, 0.2) is 0 Å². The van der Waals surface area contributed by atoms with Crippen LogP contribution in [0, 0.1) is 6.92 Å². The number of nitrogens with zero attached hydrogens (tertiary/aromatic N) is 3. The van der Waals surface area contributed by atoms with Crippen LogP contribution >= 0.6 is 11.5 Å². The molecule has 0 aliphatic carbocycles. The topological polar surface area (TPSA) is 19.4 Å². The first-order valence-corrected chi connectivity index (χ1v) is 9.81. The molecule has 2 atom stereocenters. The number of benzene rings is 1. The Labute approximate surface area is 150 Å². The zero-order valence-corrected chi connectivity index (χ0v) is 16.1. The quantitative estimate of drug-likeness (QED) is 0.807. The van der Waals surface area contributed by atoms with Crippen LogP contribution in [0.2, 0.25) is 0 Å². The highest BCUT2D eigenvalue weighted by molar-refractivity contribution is 7.05. The first-order valence-electron chi connectivity index (χ1n) is 9.04. The number of piperazine rings is 1. The van der Waals surface area contributed by atoms with E-state index >= 15 is 0 Å². The second-order valence-electron chi connectivity index (χ2n) is 7.09. The van der Waals surface area contributed by atoms with Gasteiger partial charge in [0.25, 0.3) is 0 Å². The molecule has 1 aliphatic heterocycles. The molecule has 1 aliphatic rings. The molecule has 0 radical (unpaired) electrons. The average Bonchev–Trinajstić information content (AvgIpc) is 3.03. The summed E-state index contributed by atoms with van der Waals surface area (Å²) in [5, 5.41) is 0. The van der Waals surface area contributed by atoms with Crippen molar-refractivity contribution in [2.45, 2.75) is 39.2 Å². The molecule has 0 bridgehead atoms. The van der Waals surface area contributed by atoms with Crippen molar-refractivity contribution in [2.24, 2.45) is 0 Å². The number of likely N-dealkylation sites (N-methyl/N-ethyl adjacent to an activating group) is 1. The minimum atomic E-state index is 0.343. The van der Waals surface area contributed by atoms with Crippen molar-refractivity contribution in [2.75, 3.05) is 33.2 Å². The highest BCUT2D eigenvalue weighted by atomic mass is 32.1. The van der Waals surface area contributed by atoms with Gasteiger partial charge in [-0.3, -0.25) is 4.90 Å². The predicted molar refractivity (Wildman–Crippen MR) is 103 cm³/mol. The minimum absolute atomic E-state index is 0.343. The Morgan fingerprint density at radius 3 is 2.25 bits per heavy atom. The van der Waals surface area contributed by atoms with Crippen LogP contribution in [-0.4, -0.2) is 47.4 Å². The molecule has 1 aromatic carbocycles. The fraction of sp³-hybridized carbons (Fsp3) is 0.550. The highest BCUT2D eigenvalue weighted by Gasteiger charge is 2.27. The Balaban J connectivity index is 1.89. The van der Waals surface area contributed by atoms with Gasteiger partial charge in [-0.15, -0.1) is 0 Å². The third-order valence-corrected chi connectivity index (χ3v) is 6.18. The zero-order valence-electron chi connectivity index (χ0n) is 15.3. The summed E-state index contributed by atoms with van der Waals surface area (Å²) in [7, 11) is 2.21. The molecule has 1 fully saturated rings. The maximum atomic E-state index is 4.54. The van der Waals surface area contributed by atoms with E-state index in [2.05, 4.69) is 72.3 Å². The lowest BCUT2D eigenvalue weighted by molar-refractivity contribution is 0.128. The molecule has 0 amide bonds. The Morgan fingerprint density at radius 2 is 1.71 bits per heavy atom. The fourth-order valence-corrected chi connectivity index (χ4v) is 4.30. The Kier molecular flexibility index (Phi) is 5.69. The van der Waals surface area contributed by atoms with Crippen LogP contribution in [0.1, 0.15) is 53.9 Å². The zero-order chi connectivity index (χ0) is 17.1. The van der Waals surface area contributed by atoms with Crippen molar-refractivity contribution in [3.63, 3.8) is 0 Å². The van der Waals surface area contributed by atoms with Gasteiger partial charge in [-0.05, 0) is 55.0 Å². The van der Waals surface area contributed by atoms with Gasteiger partial charge in [0.05, 0.1) is 11.7 Å². The molecule has 1 saturated heterocycles. The Bertz CT molecular complexity index is 641. The molecular weight excluding hydrogens is 314 g/mol. The van der Waals surface area contributed by atoms with E-state index in [1.54, 1.807) is 11.5 Å². The van der Waals surface area contributed by atoms with E-state index in [0.717, 1.165) is 31.9 Å². The molecule has 0 N–H and O–H groups in total. The number of hydrogen-bond donors (Lipinski definition) is 0. The fourth-order valence-electron chi connectivity index (χ4n) is 3.39. The van der Waals surface area contributed by atoms with Crippen LogP contribution in [0.4, 0.5) is 0 Å². The van der Waals surface area contributed by atoms with E-state index < -0.39 is 0 Å². The van der Waals surface area contributed by atoms with Crippen molar-refractivity contribution >= 4 is 11.5 Å². The van der Waals surface area contributed by atoms with E-state index in [1.165, 1.54) is 22.4 Å². The third kappa shape index (κ3) is 3.88. The molecule has 3 rings (SSSR count). The summed E-state index contributed by atoms with van der Waals surface area (Å²) in [5.41, 5.74) is 3.97. The van der Waals surface area contributed by atoms with Crippen LogP contribution in [0.5, 0.6) is 0 Å². The van der Waals surface area contributed by atoms with Crippen molar-refractivity contribution in [3.05, 3.63) is 52.0 Å². The minimum Gasteiger partial charge on any atom is -0.304 e. The molecule has 2 heterocycles. The maximum absolute atomic E-state index is 4.54. The Hall–Kier alpha value is -1.23. The van der Waals surface area contributed by atoms with Gasteiger partial charge in [0, 0.05) is 31.1 Å². The van der Waals surface area contributed by atoms with E-state index in [-0.39, 0.29) is 0 Å². The highest BCUT2D eigenvalue weighted by Crippen LogP contribution is 2.33. The molecule has 4 heteroatoms. The molecule has 2 aromatic rings. The van der Waals surface area contributed by atoms with Crippen LogP contribution in [0.3, 0.4) is 0 Å². The van der Waals surface area contributed by atoms with Gasteiger partial charge in [-0.2, -0.15) is 4.37 Å². The van der Waals surface area contributed by atoms with Gasteiger partial charge >= 0.3 is 0 Å². The number of hydrogen-bond acceptors (Lipinski definition) is 4. The average molecular weight is 344 g/mol. The molecule has 3 nitrogen and oxygen atoms in total. The van der Waals surface area contributed by atoms with Crippen LogP contribution in [0.15, 0.2) is 30.3 Å². The Morgan fingerprint density at radius 1 is 1.08 bits per heavy atom. The van der Waals surface area contributed by atoms with E-state index in [9.17, 15) is 0 Å². The first kappa shape index (κ1) is 17.6. The van der Waals surface area contributed by atoms with E-state index in [0.29, 0.717) is 12.0 Å². The summed E-state index contributed by atoms with van der Waals surface area (Å²) >= 11 is 1.66. The summed E-state index contributed by atoms with van der Waals surface area (Å²) in [4.78, 5) is 6.40. The molecule has 2 unspecified atom stereocenters. The summed E-state index contributed by atoms with van der Waals surface area (Å²) in [6.45, 7) is 11.2. The van der Waals surface area contributed by atoms with Crippen molar-refractivity contribution < 1.29 is 0 Å². The molecular formula is C20H29N3S. The van der Waals surface area contributed by atoms with Gasteiger partial charge in [-0.25, -0.2) is 0 Å². The number of aromatic nitrogens is 1. The lowest BCUT2D eigenvalue weighted by Gasteiger charge is -2.37. The molecule has 0 saturated carbocycles. The van der Waals surface area contributed by atoms with Crippen molar-refractivity contribution in [1.82, 2.24) is 14.2 Å². The molecule has 130 valence electrons. The normalized spacial score (nSPS) is 19.3. The second-order valence-corrected chi connectivity index (χ2v) is 7.92. The van der Waals surface area contributed by atoms with Gasteiger partial charge in [0.2, 0.25) is 0 Å². The largest absolute Gasteiger partial charge is 0.304 e. The standard InChI is InChI=1S/C20H29N3S/c1-5-15(2)17-6-8-18(9-7-17)20(19-14-16(3)21-24-19)23-12-10-22(4)11-13-23/h6-9,14-15,20H,5,10-13H2,1-4H3. The second kappa shape index (κ2) is 7.77. The summed E-state index contributed by atoms with van der Waals surface area (Å²) in [5.74, 6) is 0.631. The monoisotopic (exact) mass is 343 g/mol. The number of aryl methyl sites for hydroxylation is 1. The van der Waals surface area contributed by atoms with Gasteiger partial charge < -0.3 is 4.90 Å². The van der Waals surface area contributed by atoms with Crippen LogP contribution < -0.4 is 0 Å². The smallest absolute Gasteiger partial charge is 0.0713 e. The summed E-state index contributed by atoms with van der Waals surface area (Å²) in [6, 6.07) is 11.9. The lowest BCUT2D eigenvalue weighted by Crippen LogP contribution is -2.46. The summed E-state index contributed by atoms with van der Waals surface area (Å²) < 4.78 is 4.54.